The highest BCUT2D eigenvalue weighted by molar-refractivity contribution is 5.46. The van der Waals surface area contributed by atoms with Gasteiger partial charge in [-0.2, -0.15) is 0 Å². The largest absolute Gasteiger partial charge is 0.494 e. The predicted molar refractivity (Wildman–Crippen MR) is 85.6 cm³/mol. The summed E-state index contributed by atoms with van der Waals surface area (Å²) in [5.41, 5.74) is 1.18. The molecule has 0 aliphatic carbocycles. The Morgan fingerprint density at radius 3 is 2.40 bits per heavy atom. The van der Waals surface area contributed by atoms with Gasteiger partial charge in [-0.25, -0.2) is 0 Å². The summed E-state index contributed by atoms with van der Waals surface area (Å²) in [6.45, 7) is 7.63. The van der Waals surface area contributed by atoms with Gasteiger partial charge in [-0.3, -0.25) is 0 Å². The first-order valence-corrected chi connectivity index (χ1v) is 8.07. The molecular weight excluding hydrogens is 248 g/mol. The number of ether oxygens (including phenoxy) is 1. The van der Waals surface area contributed by atoms with Crippen LogP contribution in [-0.4, -0.2) is 37.7 Å². The van der Waals surface area contributed by atoms with Crippen molar-refractivity contribution in [1.29, 1.82) is 0 Å². The lowest BCUT2D eigenvalue weighted by molar-refractivity contribution is 0.296. The molecule has 1 aliphatic rings. The standard InChI is InChI=1S/C17H28N2O/c1-2-15-20-17-9-7-16(8-10-17)18-11-14-19-12-5-3-4-6-13-19/h7-10,18H,2-6,11-15H2,1H3. The quantitative estimate of drug-likeness (QED) is 0.820. The van der Waals surface area contributed by atoms with Crippen LogP contribution in [-0.2, 0) is 0 Å². The van der Waals surface area contributed by atoms with Gasteiger partial charge in [0.1, 0.15) is 5.75 Å². The number of hydrogen-bond acceptors (Lipinski definition) is 3. The maximum absolute atomic E-state index is 5.59. The van der Waals surface area contributed by atoms with Crippen molar-refractivity contribution in [3.05, 3.63) is 24.3 Å². The molecule has 112 valence electrons. The lowest BCUT2D eigenvalue weighted by atomic mass is 10.2. The molecule has 0 bridgehead atoms. The molecule has 1 saturated heterocycles. The second-order valence-electron chi connectivity index (χ2n) is 5.56. The molecule has 0 aromatic heterocycles. The van der Waals surface area contributed by atoms with Crippen LogP contribution in [0.3, 0.4) is 0 Å². The summed E-state index contributed by atoms with van der Waals surface area (Å²) in [5.74, 6) is 0.963. The Bertz CT molecular complexity index is 356. The Labute approximate surface area is 123 Å². The normalized spacial score (nSPS) is 16.6. The molecule has 20 heavy (non-hydrogen) atoms. The molecule has 0 radical (unpaired) electrons. The lowest BCUT2D eigenvalue weighted by Crippen LogP contribution is -2.29. The number of nitrogens with zero attached hydrogens (tertiary/aromatic N) is 1. The summed E-state index contributed by atoms with van der Waals surface area (Å²) in [6.07, 6.45) is 6.59. The van der Waals surface area contributed by atoms with E-state index >= 15 is 0 Å². The van der Waals surface area contributed by atoms with E-state index < -0.39 is 0 Å². The summed E-state index contributed by atoms with van der Waals surface area (Å²) >= 11 is 0. The third kappa shape index (κ3) is 5.41. The summed E-state index contributed by atoms with van der Waals surface area (Å²) in [5, 5.41) is 3.50. The van der Waals surface area contributed by atoms with Gasteiger partial charge in [0.05, 0.1) is 6.61 Å². The number of benzene rings is 1. The Kier molecular flexibility index (Phi) is 6.72. The maximum Gasteiger partial charge on any atom is 0.119 e. The van der Waals surface area contributed by atoms with Gasteiger partial charge in [-0.15, -0.1) is 0 Å². The second-order valence-corrected chi connectivity index (χ2v) is 5.56. The zero-order chi connectivity index (χ0) is 14.0. The number of likely N-dealkylation sites (tertiary alicyclic amines) is 1. The van der Waals surface area contributed by atoms with E-state index in [0.29, 0.717) is 0 Å². The molecule has 0 spiro atoms. The van der Waals surface area contributed by atoms with E-state index in [1.807, 2.05) is 12.1 Å². The van der Waals surface area contributed by atoms with E-state index in [0.717, 1.165) is 31.9 Å². The molecule has 2 rings (SSSR count). The van der Waals surface area contributed by atoms with Crippen molar-refractivity contribution in [3.63, 3.8) is 0 Å². The third-order valence-electron chi connectivity index (χ3n) is 3.78. The minimum atomic E-state index is 0.793. The summed E-state index contributed by atoms with van der Waals surface area (Å²) in [7, 11) is 0. The molecule has 1 N–H and O–H groups in total. The Morgan fingerprint density at radius 2 is 1.75 bits per heavy atom. The molecule has 1 aliphatic heterocycles. The summed E-state index contributed by atoms with van der Waals surface area (Å²) in [6, 6.07) is 8.30. The zero-order valence-corrected chi connectivity index (χ0v) is 12.7. The SMILES string of the molecule is CCCOc1ccc(NCCN2CCCCCC2)cc1. The Hall–Kier alpha value is -1.22. The van der Waals surface area contributed by atoms with Crippen LogP contribution < -0.4 is 10.1 Å². The number of hydrogen-bond donors (Lipinski definition) is 1. The van der Waals surface area contributed by atoms with Crippen molar-refractivity contribution in [1.82, 2.24) is 4.90 Å². The lowest BCUT2D eigenvalue weighted by Gasteiger charge is -2.20. The average molecular weight is 276 g/mol. The third-order valence-corrected chi connectivity index (χ3v) is 3.78. The molecule has 1 aromatic rings. The van der Waals surface area contributed by atoms with E-state index in [2.05, 4.69) is 29.3 Å². The van der Waals surface area contributed by atoms with Crippen LogP contribution in [0.25, 0.3) is 0 Å². The van der Waals surface area contributed by atoms with E-state index in [4.69, 9.17) is 4.74 Å². The summed E-state index contributed by atoms with van der Waals surface area (Å²) in [4.78, 5) is 2.58. The van der Waals surface area contributed by atoms with Gasteiger partial charge >= 0.3 is 0 Å². The first-order valence-electron chi connectivity index (χ1n) is 8.07. The van der Waals surface area contributed by atoms with Crippen molar-refractivity contribution in [2.24, 2.45) is 0 Å². The fourth-order valence-corrected chi connectivity index (χ4v) is 2.61. The molecule has 0 unspecified atom stereocenters. The van der Waals surface area contributed by atoms with Crippen LogP contribution in [0.1, 0.15) is 39.0 Å². The van der Waals surface area contributed by atoms with Crippen LogP contribution >= 0.6 is 0 Å². The van der Waals surface area contributed by atoms with Crippen molar-refractivity contribution >= 4 is 5.69 Å². The van der Waals surface area contributed by atoms with Crippen LogP contribution in [0.2, 0.25) is 0 Å². The summed E-state index contributed by atoms with van der Waals surface area (Å²) < 4.78 is 5.59. The fraction of sp³-hybridized carbons (Fsp3) is 0.647. The van der Waals surface area contributed by atoms with Crippen LogP contribution in [0.5, 0.6) is 5.75 Å². The number of rotatable bonds is 7. The molecule has 1 fully saturated rings. The zero-order valence-electron chi connectivity index (χ0n) is 12.7. The van der Waals surface area contributed by atoms with Gasteiger partial charge in [-0.05, 0) is 56.6 Å². The molecule has 1 aromatic carbocycles. The van der Waals surface area contributed by atoms with Crippen LogP contribution in [0, 0.1) is 0 Å². The van der Waals surface area contributed by atoms with E-state index in [1.165, 1.54) is 44.5 Å². The highest BCUT2D eigenvalue weighted by Crippen LogP contribution is 2.16. The van der Waals surface area contributed by atoms with Gasteiger partial charge < -0.3 is 15.0 Å². The number of anilines is 1. The maximum atomic E-state index is 5.59. The van der Waals surface area contributed by atoms with E-state index in [1.54, 1.807) is 0 Å². The topological polar surface area (TPSA) is 24.5 Å². The van der Waals surface area contributed by atoms with Crippen molar-refractivity contribution < 1.29 is 4.74 Å². The minimum absolute atomic E-state index is 0.793. The molecular formula is C17H28N2O. The molecule has 0 amide bonds. The smallest absolute Gasteiger partial charge is 0.119 e. The van der Waals surface area contributed by atoms with Gasteiger partial charge in [0.25, 0.3) is 0 Å². The van der Waals surface area contributed by atoms with Gasteiger partial charge in [-0.1, -0.05) is 19.8 Å². The number of nitrogens with one attached hydrogen (secondary N) is 1. The Morgan fingerprint density at radius 1 is 1.05 bits per heavy atom. The highest BCUT2D eigenvalue weighted by atomic mass is 16.5. The molecule has 0 atom stereocenters. The molecule has 1 heterocycles. The minimum Gasteiger partial charge on any atom is -0.494 e. The highest BCUT2D eigenvalue weighted by Gasteiger charge is 2.07. The average Bonchev–Trinajstić information content (AvgIpc) is 2.75. The van der Waals surface area contributed by atoms with Gasteiger partial charge in [0.2, 0.25) is 0 Å². The van der Waals surface area contributed by atoms with E-state index in [9.17, 15) is 0 Å². The van der Waals surface area contributed by atoms with Crippen molar-refractivity contribution in [3.8, 4) is 5.75 Å². The van der Waals surface area contributed by atoms with Crippen LogP contribution in [0.4, 0.5) is 5.69 Å². The van der Waals surface area contributed by atoms with Crippen molar-refractivity contribution in [2.75, 3.05) is 38.1 Å². The predicted octanol–water partition coefficient (Wildman–Crippen LogP) is 3.76. The molecule has 0 saturated carbocycles. The Balaban J connectivity index is 1.68. The fourth-order valence-electron chi connectivity index (χ4n) is 2.61. The first kappa shape index (κ1) is 15.2. The van der Waals surface area contributed by atoms with Gasteiger partial charge in [0.15, 0.2) is 0 Å². The monoisotopic (exact) mass is 276 g/mol. The van der Waals surface area contributed by atoms with Gasteiger partial charge in [0, 0.05) is 18.8 Å². The molecule has 3 nitrogen and oxygen atoms in total. The van der Waals surface area contributed by atoms with Crippen molar-refractivity contribution in [2.45, 2.75) is 39.0 Å². The van der Waals surface area contributed by atoms with E-state index in [-0.39, 0.29) is 0 Å². The second kappa shape index (κ2) is 8.85. The first-order chi connectivity index (χ1) is 9.88. The van der Waals surface area contributed by atoms with Crippen LogP contribution in [0.15, 0.2) is 24.3 Å². The molecule has 3 heteroatoms.